The van der Waals surface area contributed by atoms with Crippen molar-refractivity contribution < 1.29 is 0 Å². The fraction of sp³-hybridized carbons (Fsp3) is 0.375. The van der Waals surface area contributed by atoms with E-state index < -0.39 is 0 Å². The van der Waals surface area contributed by atoms with Crippen LogP contribution in [-0.4, -0.2) is 24.0 Å². The number of aromatic nitrogens is 1. The van der Waals surface area contributed by atoms with E-state index >= 15 is 0 Å². The average Bonchev–Trinajstić information content (AvgIpc) is 1.81. The van der Waals surface area contributed by atoms with Gasteiger partial charge in [0.1, 0.15) is 11.0 Å². The quantitative estimate of drug-likeness (QED) is 0.708. The van der Waals surface area contributed by atoms with Crippen LogP contribution in [0, 0.1) is 0 Å². The van der Waals surface area contributed by atoms with Crippen molar-refractivity contribution in [1.82, 2.24) is 9.88 Å². The summed E-state index contributed by atoms with van der Waals surface area (Å²) in [6, 6.07) is 3.64. The van der Waals surface area contributed by atoms with Gasteiger partial charge >= 0.3 is 0 Å². The van der Waals surface area contributed by atoms with Crippen LogP contribution in [0.2, 0.25) is 5.15 Å². The number of halogens is 1. The molecule has 0 atom stereocenters. The van der Waals surface area contributed by atoms with Gasteiger partial charge < -0.3 is 10.6 Å². The number of hydrogen-bond donors (Lipinski definition) is 1. The number of nitrogen functional groups attached to an aromatic ring is 1. The summed E-state index contributed by atoms with van der Waals surface area (Å²) < 4.78 is 0. The van der Waals surface area contributed by atoms with Crippen LogP contribution < -0.4 is 5.73 Å². The molecule has 1 aromatic rings. The normalized spacial score (nSPS) is 10.7. The number of nitrogens with zero attached hydrogens (tertiary/aromatic N) is 2. The topological polar surface area (TPSA) is 42.1 Å². The molecule has 1 aromatic heterocycles. The second-order valence-electron chi connectivity index (χ2n) is 2.96. The van der Waals surface area contributed by atoms with Crippen LogP contribution in [0.15, 0.2) is 12.1 Å². The number of hydrogen-bond acceptors (Lipinski definition) is 3. The minimum atomic E-state index is 0.451. The summed E-state index contributed by atoms with van der Waals surface area (Å²) in [5.41, 5.74) is 6.60. The van der Waals surface area contributed by atoms with Crippen molar-refractivity contribution in [3.8, 4) is 0 Å². The summed E-state index contributed by atoms with van der Waals surface area (Å²) in [6.07, 6.45) is 0. The lowest BCUT2D eigenvalue weighted by atomic mass is 10.2. The Hall–Kier alpha value is -0.800. The second-order valence-corrected chi connectivity index (χ2v) is 3.35. The summed E-state index contributed by atoms with van der Waals surface area (Å²) in [5, 5.41) is 0.451. The molecule has 0 spiro atoms. The van der Waals surface area contributed by atoms with Crippen LogP contribution in [0.5, 0.6) is 0 Å². The highest BCUT2D eigenvalue weighted by molar-refractivity contribution is 6.29. The van der Waals surface area contributed by atoms with Gasteiger partial charge in [-0.25, -0.2) is 4.98 Å². The van der Waals surface area contributed by atoms with Gasteiger partial charge in [-0.1, -0.05) is 11.6 Å². The SMILES string of the molecule is CN(C)Cc1cc(N)nc(Cl)c1. The molecule has 1 heterocycles. The number of rotatable bonds is 2. The first-order chi connectivity index (χ1) is 5.58. The molecule has 1 rings (SSSR count). The molecule has 12 heavy (non-hydrogen) atoms. The zero-order chi connectivity index (χ0) is 9.14. The van der Waals surface area contributed by atoms with Crippen molar-refractivity contribution in [1.29, 1.82) is 0 Å². The van der Waals surface area contributed by atoms with Crippen molar-refractivity contribution in [3.63, 3.8) is 0 Å². The van der Waals surface area contributed by atoms with Crippen LogP contribution in [0.25, 0.3) is 0 Å². The van der Waals surface area contributed by atoms with E-state index in [9.17, 15) is 0 Å². The highest BCUT2D eigenvalue weighted by Gasteiger charge is 1.99. The fourth-order valence-electron chi connectivity index (χ4n) is 1.03. The first kappa shape index (κ1) is 9.29. The molecule has 0 aromatic carbocycles. The van der Waals surface area contributed by atoms with Gasteiger partial charge in [0.05, 0.1) is 0 Å². The molecule has 0 aliphatic rings. The summed E-state index contributed by atoms with van der Waals surface area (Å²) in [7, 11) is 3.98. The molecular weight excluding hydrogens is 174 g/mol. The first-order valence-corrected chi connectivity index (χ1v) is 4.02. The Bertz CT molecular complexity index is 253. The molecule has 0 aliphatic heterocycles. The maximum atomic E-state index is 5.72. The van der Waals surface area contributed by atoms with E-state index in [1.54, 1.807) is 0 Å². The molecule has 3 nitrogen and oxygen atoms in total. The van der Waals surface area contributed by atoms with Crippen molar-refractivity contribution in [3.05, 3.63) is 22.8 Å². The van der Waals surface area contributed by atoms with Crippen molar-refractivity contribution in [2.45, 2.75) is 6.54 Å². The minimum absolute atomic E-state index is 0.451. The minimum Gasteiger partial charge on any atom is -0.384 e. The van der Waals surface area contributed by atoms with Gasteiger partial charge in [0.25, 0.3) is 0 Å². The lowest BCUT2D eigenvalue weighted by Crippen LogP contribution is -2.11. The monoisotopic (exact) mass is 185 g/mol. The highest BCUT2D eigenvalue weighted by atomic mass is 35.5. The standard InChI is InChI=1S/C8H12ClN3/c1-12(2)5-6-3-7(9)11-8(10)4-6/h3-4H,5H2,1-2H3,(H2,10,11). The Kier molecular flexibility index (Phi) is 2.89. The van der Waals surface area contributed by atoms with E-state index in [4.69, 9.17) is 17.3 Å². The van der Waals surface area contributed by atoms with Crippen LogP contribution in [0.4, 0.5) is 5.82 Å². The lowest BCUT2D eigenvalue weighted by molar-refractivity contribution is 0.402. The van der Waals surface area contributed by atoms with Gasteiger partial charge in [0.2, 0.25) is 0 Å². The molecule has 0 unspecified atom stereocenters. The maximum absolute atomic E-state index is 5.72. The van der Waals surface area contributed by atoms with E-state index in [0.29, 0.717) is 11.0 Å². The molecular formula is C8H12ClN3. The van der Waals surface area contributed by atoms with E-state index in [0.717, 1.165) is 12.1 Å². The van der Waals surface area contributed by atoms with Gasteiger partial charge in [-0.05, 0) is 31.8 Å². The van der Waals surface area contributed by atoms with Gasteiger partial charge in [-0.15, -0.1) is 0 Å². The summed E-state index contributed by atoms with van der Waals surface area (Å²) in [4.78, 5) is 5.91. The molecule has 0 fully saturated rings. The van der Waals surface area contributed by atoms with Gasteiger partial charge in [-0.2, -0.15) is 0 Å². The Morgan fingerprint density at radius 1 is 1.50 bits per heavy atom. The van der Waals surface area contributed by atoms with Crippen LogP contribution in [0.3, 0.4) is 0 Å². The van der Waals surface area contributed by atoms with Crippen molar-refractivity contribution in [2.24, 2.45) is 0 Å². The largest absolute Gasteiger partial charge is 0.384 e. The van der Waals surface area contributed by atoms with Gasteiger partial charge in [-0.3, -0.25) is 0 Å². The Morgan fingerprint density at radius 2 is 2.17 bits per heavy atom. The molecule has 66 valence electrons. The third-order valence-electron chi connectivity index (χ3n) is 1.37. The summed E-state index contributed by atoms with van der Waals surface area (Å²) in [6.45, 7) is 0.826. The Balaban J connectivity index is 2.85. The molecule has 0 bridgehead atoms. The summed E-state index contributed by atoms with van der Waals surface area (Å²) in [5.74, 6) is 0.472. The van der Waals surface area contributed by atoms with E-state index in [-0.39, 0.29) is 0 Å². The number of pyridine rings is 1. The predicted octanol–water partition coefficient (Wildman–Crippen LogP) is 1.38. The Labute approximate surface area is 77.1 Å². The third-order valence-corrected chi connectivity index (χ3v) is 1.57. The lowest BCUT2D eigenvalue weighted by Gasteiger charge is -2.09. The maximum Gasteiger partial charge on any atom is 0.131 e. The van der Waals surface area contributed by atoms with Crippen LogP contribution in [-0.2, 0) is 6.54 Å². The smallest absolute Gasteiger partial charge is 0.131 e. The second kappa shape index (κ2) is 3.74. The molecule has 0 saturated heterocycles. The zero-order valence-electron chi connectivity index (χ0n) is 7.21. The number of nitrogens with two attached hydrogens (primary N) is 1. The van der Waals surface area contributed by atoms with Gasteiger partial charge in [0.15, 0.2) is 0 Å². The molecule has 0 amide bonds. The van der Waals surface area contributed by atoms with E-state index in [1.807, 2.05) is 31.1 Å². The number of anilines is 1. The highest BCUT2D eigenvalue weighted by Crippen LogP contribution is 2.12. The van der Waals surface area contributed by atoms with Crippen molar-refractivity contribution in [2.75, 3.05) is 19.8 Å². The Morgan fingerprint density at radius 3 is 2.67 bits per heavy atom. The van der Waals surface area contributed by atoms with Gasteiger partial charge in [0, 0.05) is 6.54 Å². The summed E-state index contributed by atoms with van der Waals surface area (Å²) >= 11 is 5.72. The van der Waals surface area contributed by atoms with Crippen molar-refractivity contribution >= 4 is 17.4 Å². The fourth-order valence-corrected chi connectivity index (χ4v) is 1.27. The van der Waals surface area contributed by atoms with Crippen LogP contribution in [0.1, 0.15) is 5.56 Å². The van der Waals surface area contributed by atoms with E-state index in [2.05, 4.69) is 4.98 Å². The average molecular weight is 186 g/mol. The third kappa shape index (κ3) is 2.68. The predicted molar refractivity (Wildman–Crippen MR) is 51.1 cm³/mol. The molecule has 0 radical (unpaired) electrons. The molecule has 0 aliphatic carbocycles. The molecule has 4 heteroatoms. The first-order valence-electron chi connectivity index (χ1n) is 3.64. The van der Waals surface area contributed by atoms with Crippen LogP contribution >= 0.6 is 11.6 Å². The molecule has 0 saturated carbocycles. The van der Waals surface area contributed by atoms with E-state index in [1.165, 1.54) is 0 Å². The zero-order valence-corrected chi connectivity index (χ0v) is 7.97. The molecule has 2 N–H and O–H groups in total.